The van der Waals surface area contributed by atoms with Gasteiger partial charge in [0.15, 0.2) is 5.78 Å². The van der Waals surface area contributed by atoms with Crippen LogP contribution >= 0.6 is 11.8 Å². The number of carbonyl (C=O) groups excluding carboxylic acids is 5. The molecule has 0 radical (unpaired) electrons. The third-order valence-corrected chi connectivity index (χ3v) is 7.06. The summed E-state index contributed by atoms with van der Waals surface area (Å²) in [6.45, 7) is 13.1. The van der Waals surface area contributed by atoms with Crippen molar-refractivity contribution >= 4 is 41.7 Å². The highest BCUT2D eigenvalue weighted by Gasteiger charge is 2.32. The van der Waals surface area contributed by atoms with Crippen LogP contribution in [0, 0.1) is 11.8 Å². The number of hydrogen-bond donors (Lipinski definition) is 4. The molecule has 10 heteroatoms. The van der Waals surface area contributed by atoms with Gasteiger partial charge in [0.1, 0.15) is 18.1 Å². The minimum Gasteiger partial charge on any atom is -0.347 e. The fraction of sp³-hybridized carbons (Fsp3) is 0.633. The summed E-state index contributed by atoms with van der Waals surface area (Å²) in [5.74, 6) is -0.950. The number of hydrogen-bond acceptors (Lipinski definition) is 6. The molecule has 0 aliphatic rings. The molecule has 0 aliphatic heterocycles. The first kappa shape index (κ1) is 37.1. The maximum absolute atomic E-state index is 13.5. The molecule has 4 N–H and O–H groups in total. The van der Waals surface area contributed by atoms with Crippen molar-refractivity contribution in [2.75, 3.05) is 12.0 Å². The van der Waals surface area contributed by atoms with Gasteiger partial charge in [0, 0.05) is 6.42 Å². The van der Waals surface area contributed by atoms with E-state index in [1.54, 1.807) is 11.8 Å². The third kappa shape index (κ3) is 14.0. The summed E-state index contributed by atoms with van der Waals surface area (Å²) in [5, 5.41) is 11.0. The van der Waals surface area contributed by atoms with Crippen molar-refractivity contribution in [2.24, 2.45) is 11.8 Å². The molecule has 1 aromatic rings. The maximum atomic E-state index is 13.5. The van der Waals surface area contributed by atoms with Gasteiger partial charge >= 0.3 is 0 Å². The van der Waals surface area contributed by atoms with Crippen molar-refractivity contribution in [2.45, 2.75) is 98.3 Å². The third-order valence-electron chi connectivity index (χ3n) is 6.42. The van der Waals surface area contributed by atoms with E-state index < -0.39 is 41.9 Å². The molecule has 0 fully saturated rings. The molecule has 0 aliphatic carbocycles. The van der Waals surface area contributed by atoms with Crippen molar-refractivity contribution in [3.8, 4) is 0 Å². The molecule has 5 atom stereocenters. The molecule has 0 heterocycles. The van der Waals surface area contributed by atoms with E-state index in [0.29, 0.717) is 31.4 Å². The largest absolute Gasteiger partial charge is 0.347 e. The predicted octanol–water partition coefficient (Wildman–Crippen LogP) is 3.26. The summed E-state index contributed by atoms with van der Waals surface area (Å²) < 4.78 is 0. The van der Waals surface area contributed by atoms with Crippen molar-refractivity contribution in [1.29, 1.82) is 0 Å². The molecule has 9 nitrogen and oxygen atoms in total. The second kappa shape index (κ2) is 20.9. The number of rotatable bonds is 18. The van der Waals surface area contributed by atoms with Gasteiger partial charge in [0.05, 0.1) is 6.04 Å². The monoisotopic (exact) mass is 578 g/mol. The maximum Gasteiger partial charge on any atom is 0.243 e. The Labute approximate surface area is 244 Å². The number of carbonyl (C=O) groups is 5. The van der Waals surface area contributed by atoms with Crippen LogP contribution in [0.15, 0.2) is 30.3 Å². The minimum absolute atomic E-state index is 0.152. The van der Waals surface area contributed by atoms with Gasteiger partial charge < -0.3 is 21.3 Å². The second-order valence-electron chi connectivity index (χ2n) is 10.0. The van der Waals surface area contributed by atoms with Crippen LogP contribution < -0.4 is 21.3 Å². The van der Waals surface area contributed by atoms with E-state index in [1.165, 1.54) is 6.92 Å². The zero-order valence-corrected chi connectivity index (χ0v) is 26.2. The smallest absolute Gasteiger partial charge is 0.243 e. The second-order valence-corrected chi connectivity index (χ2v) is 11.0. The highest BCUT2D eigenvalue weighted by molar-refractivity contribution is 7.98. The van der Waals surface area contributed by atoms with E-state index in [0.717, 1.165) is 5.56 Å². The van der Waals surface area contributed by atoms with Crippen LogP contribution in [-0.4, -0.2) is 66.1 Å². The lowest BCUT2D eigenvalue weighted by Gasteiger charge is -2.29. The lowest BCUT2D eigenvalue weighted by Crippen LogP contribution is -2.59. The Balaban J connectivity index is 0.00000742. The molecule has 0 spiro atoms. The first-order valence-corrected chi connectivity index (χ1v) is 15.6. The topological polar surface area (TPSA) is 133 Å². The van der Waals surface area contributed by atoms with Crippen LogP contribution in [-0.2, 0) is 30.4 Å². The van der Waals surface area contributed by atoms with Crippen molar-refractivity contribution in [3.05, 3.63) is 35.9 Å². The number of benzene rings is 1. The Hall–Kier alpha value is -2.88. The molecular weight excluding hydrogens is 528 g/mol. The van der Waals surface area contributed by atoms with E-state index in [2.05, 4.69) is 21.3 Å². The number of Topliss-reactive ketones (excluding diaryl/α,β-unsaturated/α-hetero) is 1. The van der Waals surface area contributed by atoms with Gasteiger partial charge in [-0.25, -0.2) is 0 Å². The Morgan fingerprint density at radius 3 is 1.95 bits per heavy atom. The van der Waals surface area contributed by atoms with Crippen LogP contribution in [0.3, 0.4) is 0 Å². The van der Waals surface area contributed by atoms with Crippen LogP contribution in [0.2, 0.25) is 0 Å². The lowest BCUT2D eigenvalue weighted by molar-refractivity contribution is -0.134. The van der Waals surface area contributed by atoms with E-state index >= 15 is 0 Å². The average Bonchev–Trinajstić information content (AvgIpc) is 2.93. The first-order chi connectivity index (χ1) is 19.0. The van der Waals surface area contributed by atoms with Crippen LogP contribution in [0.4, 0.5) is 0 Å². The average molecular weight is 579 g/mol. The lowest BCUT2D eigenvalue weighted by atomic mass is 9.96. The molecule has 1 rings (SSSR count). The predicted molar refractivity (Wildman–Crippen MR) is 163 cm³/mol. The van der Waals surface area contributed by atoms with Gasteiger partial charge in [-0.05, 0) is 49.2 Å². The summed E-state index contributed by atoms with van der Waals surface area (Å²) in [5.41, 5.74) is 0.840. The summed E-state index contributed by atoms with van der Waals surface area (Å²) in [4.78, 5) is 63.1. The molecule has 40 heavy (non-hydrogen) atoms. The molecule has 4 amide bonds. The highest BCUT2D eigenvalue weighted by Crippen LogP contribution is 2.12. The molecule has 1 aromatic carbocycles. The summed E-state index contributed by atoms with van der Waals surface area (Å²) >= 11 is 1.55. The molecular formula is C30H50N4O5S. The number of thioether (sulfide) groups is 1. The Bertz CT molecular complexity index is 913. The number of amides is 4. The van der Waals surface area contributed by atoms with E-state index in [-0.39, 0.29) is 24.0 Å². The number of nitrogens with one attached hydrogen (secondary N) is 4. The Morgan fingerprint density at radius 2 is 1.45 bits per heavy atom. The van der Waals surface area contributed by atoms with Crippen molar-refractivity contribution in [3.63, 3.8) is 0 Å². The summed E-state index contributed by atoms with van der Waals surface area (Å²) in [7, 11) is 0. The normalized spacial score (nSPS) is 14.3. The van der Waals surface area contributed by atoms with E-state index in [4.69, 9.17) is 0 Å². The fourth-order valence-electron chi connectivity index (χ4n) is 3.95. The van der Waals surface area contributed by atoms with Crippen LogP contribution in [0.25, 0.3) is 0 Å². The fourth-order valence-corrected chi connectivity index (χ4v) is 4.43. The molecule has 5 unspecified atom stereocenters. The van der Waals surface area contributed by atoms with E-state index in [1.807, 2.05) is 78.1 Å². The summed E-state index contributed by atoms with van der Waals surface area (Å²) in [6.07, 6.45) is 4.11. The zero-order chi connectivity index (χ0) is 30.7. The van der Waals surface area contributed by atoms with Gasteiger partial charge in [-0.15, -0.1) is 0 Å². The first-order valence-electron chi connectivity index (χ1n) is 14.2. The molecule has 0 saturated heterocycles. The number of ketones is 1. The van der Waals surface area contributed by atoms with Gasteiger partial charge in [-0.2, -0.15) is 11.8 Å². The summed E-state index contributed by atoms with van der Waals surface area (Å²) in [6, 6.07) is 5.98. The van der Waals surface area contributed by atoms with Gasteiger partial charge in [-0.1, -0.05) is 78.3 Å². The molecule has 0 aromatic heterocycles. The minimum atomic E-state index is -0.956. The highest BCUT2D eigenvalue weighted by atomic mass is 32.2. The molecule has 0 bridgehead atoms. The van der Waals surface area contributed by atoms with E-state index in [9.17, 15) is 24.0 Å². The molecule has 0 saturated carbocycles. The van der Waals surface area contributed by atoms with Crippen LogP contribution in [0.5, 0.6) is 0 Å². The Kier molecular flexibility index (Phi) is 19.4. The SMILES string of the molecule is CC.CCC(C)C(NC(=O)C(CCSC)NC=O)C(=O)NC(Cc1ccccc1)C(=O)NC(CC(C)C)C(C)=O. The van der Waals surface area contributed by atoms with Gasteiger partial charge in [0.2, 0.25) is 24.1 Å². The molecule has 226 valence electrons. The van der Waals surface area contributed by atoms with Crippen LogP contribution in [0.1, 0.15) is 73.3 Å². The van der Waals surface area contributed by atoms with Crippen molar-refractivity contribution in [1.82, 2.24) is 21.3 Å². The zero-order valence-electron chi connectivity index (χ0n) is 25.4. The standard InChI is InChI=1S/C28H44N4O5S.C2H6/c1-7-19(4)25(32-26(35)22(29-17-33)13-14-38-6)28(37)31-24(16-21-11-9-8-10-12-21)27(36)30-23(20(5)34)15-18(2)3;1-2/h8-12,17-19,22-25H,7,13-16H2,1-6H3,(H,29,33)(H,30,36)(H,31,37)(H,32,35);1-2H3. The van der Waals surface area contributed by atoms with Gasteiger partial charge in [0.25, 0.3) is 0 Å². The Morgan fingerprint density at radius 1 is 0.875 bits per heavy atom. The quantitative estimate of drug-likeness (QED) is 0.198. The van der Waals surface area contributed by atoms with Gasteiger partial charge in [-0.3, -0.25) is 24.0 Å². The van der Waals surface area contributed by atoms with Crippen molar-refractivity contribution < 1.29 is 24.0 Å².